The van der Waals surface area contributed by atoms with Crippen molar-refractivity contribution in [2.45, 2.75) is 45.4 Å². The van der Waals surface area contributed by atoms with Crippen molar-refractivity contribution in [3.05, 3.63) is 29.8 Å². The molecule has 84 valence electrons. The van der Waals surface area contributed by atoms with Crippen LogP contribution in [0.2, 0.25) is 0 Å². The summed E-state index contributed by atoms with van der Waals surface area (Å²) in [5.74, 6) is 5.30. The monoisotopic (exact) mass is 206 g/mol. The molecule has 0 unspecified atom stereocenters. The summed E-state index contributed by atoms with van der Waals surface area (Å²) in [6, 6.07) is 8.35. The number of benzene rings is 1. The zero-order valence-electron chi connectivity index (χ0n) is 9.63. The molecule has 0 saturated heterocycles. The molecule has 0 saturated carbocycles. The van der Waals surface area contributed by atoms with Crippen LogP contribution in [-0.4, -0.2) is 0 Å². The van der Waals surface area contributed by atoms with E-state index in [9.17, 15) is 0 Å². The first-order valence-electron chi connectivity index (χ1n) is 5.92. The van der Waals surface area contributed by atoms with Gasteiger partial charge >= 0.3 is 0 Å². The summed E-state index contributed by atoms with van der Waals surface area (Å²) in [7, 11) is 0. The van der Waals surface area contributed by atoms with Crippen molar-refractivity contribution < 1.29 is 0 Å². The first-order chi connectivity index (χ1) is 7.36. The van der Waals surface area contributed by atoms with Crippen LogP contribution in [0.25, 0.3) is 0 Å². The van der Waals surface area contributed by atoms with Gasteiger partial charge in [0, 0.05) is 5.69 Å². The molecule has 0 aliphatic heterocycles. The number of nitrogens with one attached hydrogen (secondary N) is 1. The van der Waals surface area contributed by atoms with Crippen molar-refractivity contribution in [1.29, 1.82) is 0 Å². The molecule has 0 aliphatic rings. The zero-order valence-corrected chi connectivity index (χ0v) is 9.63. The highest BCUT2D eigenvalue weighted by atomic mass is 15.2. The topological polar surface area (TPSA) is 38.0 Å². The van der Waals surface area contributed by atoms with Gasteiger partial charge in [0.2, 0.25) is 0 Å². The van der Waals surface area contributed by atoms with E-state index in [-0.39, 0.29) is 0 Å². The van der Waals surface area contributed by atoms with Crippen LogP contribution in [0.15, 0.2) is 24.3 Å². The van der Waals surface area contributed by atoms with E-state index in [2.05, 4.69) is 24.5 Å². The van der Waals surface area contributed by atoms with Crippen molar-refractivity contribution >= 4 is 5.69 Å². The molecule has 0 spiro atoms. The second kappa shape index (κ2) is 7.30. The smallest absolute Gasteiger partial charge is 0.0485 e. The molecular formula is C13H22N2. The van der Waals surface area contributed by atoms with Crippen LogP contribution < -0.4 is 11.3 Å². The predicted molar refractivity (Wildman–Crippen MR) is 66.7 cm³/mol. The minimum absolute atomic E-state index is 0.977. The highest BCUT2D eigenvalue weighted by Crippen LogP contribution is 2.12. The molecule has 1 aromatic carbocycles. The number of rotatable bonds is 7. The predicted octanol–water partition coefficient (Wildman–Crippen LogP) is 3.49. The van der Waals surface area contributed by atoms with Gasteiger partial charge in [0.1, 0.15) is 0 Å². The third kappa shape index (κ3) is 4.84. The second-order valence-corrected chi connectivity index (χ2v) is 4.01. The molecule has 0 aromatic heterocycles. The first-order valence-corrected chi connectivity index (χ1v) is 5.92. The molecule has 2 nitrogen and oxygen atoms in total. The van der Waals surface area contributed by atoms with Crippen LogP contribution in [0, 0.1) is 0 Å². The molecule has 0 heterocycles. The van der Waals surface area contributed by atoms with Gasteiger partial charge in [-0.1, -0.05) is 44.7 Å². The molecule has 0 radical (unpaired) electrons. The normalized spacial score (nSPS) is 10.3. The minimum atomic E-state index is 0.977. The summed E-state index contributed by atoms with van der Waals surface area (Å²) < 4.78 is 0. The number of nitrogen functional groups attached to an aromatic ring is 1. The number of hydrazine groups is 1. The van der Waals surface area contributed by atoms with Crippen LogP contribution in [0.3, 0.4) is 0 Å². The number of unbranched alkanes of at least 4 members (excludes halogenated alkanes) is 4. The summed E-state index contributed by atoms with van der Waals surface area (Å²) in [4.78, 5) is 0. The van der Waals surface area contributed by atoms with Crippen molar-refractivity contribution in [2.75, 3.05) is 5.43 Å². The Morgan fingerprint density at radius 1 is 1.00 bits per heavy atom. The minimum Gasteiger partial charge on any atom is -0.324 e. The number of aryl methyl sites for hydroxylation is 1. The average molecular weight is 206 g/mol. The quantitative estimate of drug-likeness (QED) is 0.407. The molecule has 3 N–H and O–H groups in total. The van der Waals surface area contributed by atoms with Crippen LogP contribution in [-0.2, 0) is 6.42 Å². The number of nitrogens with two attached hydrogens (primary N) is 1. The molecule has 0 fully saturated rings. The highest BCUT2D eigenvalue weighted by Gasteiger charge is 1.94. The largest absolute Gasteiger partial charge is 0.324 e. The lowest BCUT2D eigenvalue weighted by Crippen LogP contribution is -2.06. The molecular weight excluding hydrogens is 184 g/mol. The fourth-order valence-corrected chi connectivity index (χ4v) is 1.70. The van der Waals surface area contributed by atoms with E-state index in [0.29, 0.717) is 0 Å². The van der Waals surface area contributed by atoms with Crippen molar-refractivity contribution in [3.63, 3.8) is 0 Å². The van der Waals surface area contributed by atoms with Gasteiger partial charge in [-0.15, -0.1) is 0 Å². The van der Waals surface area contributed by atoms with Crippen LogP contribution in [0.1, 0.15) is 44.6 Å². The highest BCUT2D eigenvalue weighted by molar-refractivity contribution is 5.43. The Labute approximate surface area is 92.8 Å². The van der Waals surface area contributed by atoms with Crippen LogP contribution in [0.4, 0.5) is 5.69 Å². The summed E-state index contributed by atoms with van der Waals surface area (Å²) in [5, 5.41) is 0. The number of hydrogen-bond donors (Lipinski definition) is 2. The van der Waals surface area contributed by atoms with E-state index in [1.165, 1.54) is 44.1 Å². The van der Waals surface area contributed by atoms with Gasteiger partial charge in [-0.3, -0.25) is 5.84 Å². The molecule has 0 bridgehead atoms. The SMILES string of the molecule is CCCCCCCc1ccc(NN)cc1. The molecule has 1 rings (SSSR count). The molecule has 15 heavy (non-hydrogen) atoms. The second-order valence-electron chi connectivity index (χ2n) is 4.01. The first kappa shape index (κ1) is 12.1. The molecule has 1 aromatic rings. The maximum absolute atomic E-state index is 5.30. The van der Waals surface area contributed by atoms with Crippen molar-refractivity contribution in [2.24, 2.45) is 5.84 Å². The Balaban J connectivity index is 2.20. The van der Waals surface area contributed by atoms with E-state index in [1.54, 1.807) is 0 Å². The summed E-state index contributed by atoms with van der Waals surface area (Å²) in [5.41, 5.74) is 5.02. The van der Waals surface area contributed by atoms with Gasteiger partial charge in [0.25, 0.3) is 0 Å². The Hall–Kier alpha value is -1.02. The van der Waals surface area contributed by atoms with E-state index < -0.39 is 0 Å². The Kier molecular flexibility index (Phi) is 5.86. The van der Waals surface area contributed by atoms with Gasteiger partial charge in [-0.25, -0.2) is 0 Å². The van der Waals surface area contributed by atoms with Crippen molar-refractivity contribution in [1.82, 2.24) is 0 Å². The maximum Gasteiger partial charge on any atom is 0.0485 e. The third-order valence-electron chi connectivity index (χ3n) is 2.69. The maximum atomic E-state index is 5.30. The van der Waals surface area contributed by atoms with Crippen molar-refractivity contribution in [3.8, 4) is 0 Å². The van der Waals surface area contributed by atoms with Gasteiger partial charge in [-0.05, 0) is 30.5 Å². The third-order valence-corrected chi connectivity index (χ3v) is 2.69. The Morgan fingerprint density at radius 2 is 1.67 bits per heavy atom. The van der Waals surface area contributed by atoms with Gasteiger partial charge in [0.15, 0.2) is 0 Å². The van der Waals surface area contributed by atoms with Gasteiger partial charge < -0.3 is 5.43 Å². The fraction of sp³-hybridized carbons (Fsp3) is 0.538. The van der Waals surface area contributed by atoms with E-state index in [4.69, 9.17) is 5.84 Å². The summed E-state index contributed by atoms with van der Waals surface area (Å²) in [6.45, 7) is 2.25. The lowest BCUT2D eigenvalue weighted by molar-refractivity contribution is 0.632. The van der Waals surface area contributed by atoms with Gasteiger partial charge in [0.05, 0.1) is 0 Å². The lowest BCUT2D eigenvalue weighted by atomic mass is 10.1. The fourth-order valence-electron chi connectivity index (χ4n) is 1.70. The molecule has 0 atom stereocenters. The lowest BCUT2D eigenvalue weighted by Gasteiger charge is -2.03. The number of hydrogen-bond acceptors (Lipinski definition) is 2. The number of anilines is 1. The van der Waals surface area contributed by atoms with Crippen LogP contribution in [0.5, 0.6) is 0 Å². The average Bonchev–Trinajstić information content (AvgIpc) is 2.30. The summed E-state index contributed by atoms with van der Waals surface area (Å²) in [6.07, 6.45) is 7.90. The Morgan fingerprint density at radius 3 is 2.27 bits per heavy atom. The van der Waals surface area contributed by atoms with E-state index >= 15 is 0 Å². The zero-order chi connectivity index (χ0) is 10.9. The standard InChI is InChI=1S/C13H22N2/c1-2-3-4-5-6-7-12-8-10-13(15-14)11-9-12/h8-11,15H,2-7,14H2,1H3. The van der Waals surface area contributed by atoms with E-state index in [0.717, 1.165) is 5.69 Å². The van der Waals surface area contributed by atoms with Gasteiger partial charge in [-0.2, -0.15) is 0 Å². The molecule has 2 heteroatoms. The molecule has 0 amide bonds. The van der Waals surface area contributed by atoms with E-state index in [1.807, 2.05) is 12.1 Å². The molecule has 0 aliphatic carbocycles. The summed E-state index contributed by atoms with van der Waals surface area (Å²) >= 11 is 0. The van der Waals surface area contributed by atoms with Crippen LogP contribution >= 0.6 is 0 Å². The Bertz CT molecular complexity index is 254.